The van der Waals surface area contributed by atoms with E-state index in [-0.39, 0.29) is 0 Å². The van der Waals surface area contributed by atoms with Gasteiger partial charge in [0.15, 0.2) is 0 Å². The van der Waals surface area contributed by atoms with E-state index >= 15 is 0 Å². The minimum atomic E-state index is 0.776. The van der Waals surface area contributed by atoms with Crippen LogP contribution in [0.25, 0.3) is 31.8 Å². The van der Waals surface area contributed by atoms with Crippen LogP contribution in [0.3, 0.4) is 0 Å². The van der Waals surface area contributed by atoms with Crippen LogP contribution in [0.15, 0.2) is 48.0 Å². The molecule has 0 aliphatic rings. The van der Waals surface area contributed by atoms with Crippen LogP contribution in [0.2, 0.25) is 5.02 Å². The van der Waals surface area contributed by atoms with Gasteiger partial charge in [-0.2, -0.15) is 0 Å². The molecule has 1 aromatic heterocycles. The van der Waals surface area contributed by atoms with E-state index in [4.69, 9.17) is 11.6 Å². The minimum absolute atomic E-state index is 0.776. The number of fused-ring (bicyclic) bond motifs is 5. The van der Waals surface area contributed by atoms with Gasteiger partial charge in [-0.15, -0.1) is 11.3 Å². The van der Waals surface area contributed by atoms with E-state index in [1.807, 2.05) is 17.6 Å². The third-order valence-electron chi connectivity index (χ3n) is 3.26. The molecule has 0 atom stereocenters. The Morgan fingerprint density at radius 1 is 0.944 bits per heavy atom. The molecule has 1 heterocycles. The van der Waals surface area contributed by atoms with Gasteiger partial charge in [-0.05, 0) is 34.4 Å². The lowest BCUT2D eigenvalue weighted by Crippen LogP contribution is -1.79. The van der Waals surface area contributed by atoms with Gasteiger partial charge in [0, 0.05) is 10.4 Å². The average Bonchev–Trinajstić information content (AvgIpc) is 2.86. The topological polar surface area (TPSA) is 12.9 Å². The van der Waals surface area contributed by atoms with Crippen LogP contribution in [0.4, 0.5) is 0 Å². The van der Waals surface area contributed by atoms with Gasteiger partial charge in [0.05, 0.1) is 15.7 Å². The molecule has 1 nitrogen and oxygen atoms in total. The molecule has 4 aromatic rings. The zero-order chi connectivity index (χ0) is 12.1. The molecular formula is C15H8ClNS. The van der Waals surface area contributed by atoms with E-state index in [0.717, 1.165) is 10.5 Å². The Kier molecular flexibility index (Phi) is 2.10. The third-order valence-corrected chi connectivity index (χ3v) is 4.35. The van der Waals surface area contributed by atoms with Gasteiger partial charge < -0.3 is 0 Å². The van der Waals surface area contributed by atoms with Crippen molar-refractivity contribution >= 4 is 54.7 Å². The van der Waals surface area contributed by atoms with Crippen LogP contribution in [0.5, 0.6) is 0 Å². The molecule has 86 valence electrons. The first-order valence-corrected chi connectivity index (χ1v) is 6.93. The first-order chi connectivity index (χ1) is 8.83. The lowest BCUT2D eigenvalue weighted by Gasteiger charge is -2.05. The largest absolute Gasteiger partial charge is 0.245 e. The predicted octanol–water partition coefficient (Wildman–Crippen LogP) is 5.26. The SMILES string of the molecule is Clc1ccc2c(ccc3ccc4ncsc4c32)c1. The summed E-state index contributed by atoms with van der Waals surface area (Å²) in [6.07, 6.45) is 0. The van der Waals surface area contributed by atoms with Gasteiger partial charge in [0.25, 0.3) is 0 Å². The van der Waals surface area contributed by atoms with Crippen molar-refractivity contribution in [1.29, 1.82) is 0 Å². The van der Waals surface area contributed by atoms with Crippen molar-refractivity contribution in [2.24, 2.45) is 0 Å². The highest BCUT2D eigenvalue weighted by molar-refractivity contribution is 7.17. The van der Waals surface area contributed by atoms with Crippen LogP contribution < -0.4 is 0 Å². The van der Waals surface area contributed by atoms with E-state index in [2.05, 4.69) is 35.3 Å². The van der Waals surface area contributed by atoms with E-state index in [1.165, 1.54) is 26.2 Å². The fourth-order valence-corrected chi connectivity index (χ4v) is 3.48. The van der Waals surface area contributed by atoms with Gasteiger partial charge in [0.1, 0.15) is 0 Å². The van der Waals surface area contributed by atoms with Crippen molar-refractivity contribution in [3.8, 4) is 0 Å². The monoisotopic (exact) mass is 269 g/mol. The summed E-state index contributed by atoms with van der Waals surface area (Å²) in [5, 5.41) is 5.73. The van der Waals surface area contributed by atoms with E-state index in [9.17, 15) is 0 Å². The maximum atomic E-state index is 6.06. The van der Waals surface area contributed by atoms with E-state index < -0.39 is 0 Å². The van der Waals surface area contributed by atoms with Crippen LogP contribution in [0, 0.1) is 0 Å². The number of rotatable bonds is 0. The highest BCUT2D eigenvalue weighted by atomic mass is 35.5. The second-order valence-electron chi connectivity index (χ2n) is 4.30. The Labute approximate surface area is 113 Å². The number of hydrogen-bond acceptors (Lipinski definition) is 2. The molecule has 0 aliphatic carbocycles. The molecule has 4 rings (SSSR count). The molecule has 0 fully saturated rings. The number of hydrogen-bond donors (Lipinski definition) is 0. The van der Waals surface area contributed by atoms with Crippen molar-refractivity contribution in [2.45, 2.75) is 0 Å². The quantitative estimate of drug-likeness (QED) is 0.397. The summed E-state index contributed by atoms with van der Waals surface area (Å²) in [7, 11) is 0. The van der Waals surface area contributed by atoms with Gasteiger partial charge in [-0.1, -0.05) is 35.9 Å². The standard InChI is InChI=1S/C15H8ClNS/c16-11-4-5-12-10(7-11)2-1-9-3-6-13-15(14(9)12)18-8-17-13/h1-8H. The average molecular weight is 270 g/mol. The first kappa shape index (κ1) is 10.3. The van der Waals surface area contributed by atoms with Crippen LogP contribution in [-0.4, -0.2) is 4.98 Å². The Morgan fingerprint density at radius 2 is 1.78 bits per heavy atom. The minimum Gasteiger partial charge on any atom is -0.245 e. The fourth-order valence-electron chi connectivity index (χ4n) is 2.44. The summed E-state index contributed by atoms with van der Waals surface area (Å²) in [5.74, 6) is 0. The molecule has 3 aromatic carbocycles. The molecule has 0 unspecified atom stereocenters. The Hall–Kier alpha value is -1.64. The van der Waals surface area contributed by atoms with Gasteiger partial charge in [0.2, 0.25) is 0 Å². The molecular weight excluding hydrogens is 262 g/mol. The molecule has 18 heavy (non-hydrogen) atoms. The zero-order valence-corrected chi connectivity index (χ0v) is 10.9. The highest BCUT2D eigenvalue weighted by Gasteiger charge is 2.07. The van der Waals surface area contributed by atoms with Crippen LogP contribution >= 0.6 is 22.9 Å². The zero-order valence-electron chi connectivity index (χ0n) is 9.35. The number of benzene rings is 3. The normalized spacial score (nSPS) is 11.6. The van der Waals surface area contributed by atoms with Gasteiger partial charge in [-0.25, -0.2) is 4.98 Å². The molecule has 0 amide bonds. The molecule has 0 N–H and O–H groups in total. The Morgan fingerprint density at radius 3 is 2.72 bits per heavy atom. The van der Waals surface area contributed by atoms with Crippen LogP contribution in [0.1, 0.15) is 0 Å². The lowest BCUT2D eigenvalue weighted by molar-refractivity contribution is 1.51. The van der Waals surface area contributed by atoms with Crippen molar-refractivity contribution in [3.05, 3.63) is 53.0 Å². The van der Waals surface area contributed by atoms with Crippen molar-refractivity contribution < 1.29 is 0 Å². The van der Waals surface area contributed by atoms with E-state index in [1.54, 1.807) is 11.3 Å². The molecule has 0 aliphatic heterocycles. The number of thiazole rings is 1. The highest BCUT2D eigenvalue weighted by Crippen LogP contribution is 2.34. The van der Waals surface area contributed by atoms with Gasteiger partial charge >= 0.3 is 0 Å². The summed E-state index contributed by atoms with van der Waals surface area (Å²) in [6, 6.07) is 14.5. The predicted molar refractivity (Wildman–Crippen MR) is 79.6 cm³/mol. The Bertz CT molecular complexity index is 895. The van der Waals surface area contributed by atoms with Gasteiger partial charge in [-0.3, -0.25) is 0 Å². The summed E-state index contributed by atoms with van der Waals surface area (Å²) >= 11 is 7.75. The summed E-state index contributed by atoms with van der Waals surface area (Å²) in [6.45, 7) is 0. The molecule has 0 radical (unpaired) electrons. The second-order valence-corrected chi connectivity index (χ2v) is 5.59. The molecule has 0 bridgehead atoms. The molecule has 0 spiro atoms. The summed E-state index contributed by atoms with van der Waals surface area (Å²) < 4.78 is 1.25. The maximum absolute atomic E-state index is 6.06. The van der Waals surface area contributed by atoms with E-state index in [0.29, 0.717) is 0 Å². The maximum Gasteiger partial charge on any atom is 0.0818 e. The first-order valence-electron chi connectivity index (χ1n) is 5.67. The Balaban J connectivity index is 2.35. The fraction of sp³-hybridized carbons (Fsp3) is 0. The summed E-state index contributed by atoms with van der Waals surface area (Å²) in [4.78, 5) is 4.39. The number of aromatic nitrogens is 1. The number of nitrogens with zero attached hydrogens (tertiary/aromatic N) is 1. The third kappa shape index (κ3) is 1.36. The van der Waals surface area contributed by atoms with Crippen LogP contribution in [-0.2, 0) is 0 Å². The summed E-state index contributed by atoms with van der Waals surface area (Å²) in [5.41, 5.74) is 2.97. The second kappa shape index (κ2) is 3.67. The molecule has 0 saturated carbocycles. The number of halogens is 1. The van der Waals surface area contributed by atoms with Crippen molar-refractivity contribution in [2.75, 3.05) is 0 Å². The molecule has 0 saturated heterocycles. The lowest BCUT2D eigenvalue weighted by atomic mass is 10.0. The molecule has 3 heteroatoms. The smallest absolute Gasteiger partial charge is 0.0818 e. The van der Waals surface area contributed by atoms with Crippen molar-refractivity contribution in [1.82, 2.24) is 4.98 Å². The van der Waals surface area contributed by atoms with Crippen molar-refractivity contribution in [3.63, 3.8) is 0 Å².